The van der Waals surface area contributed by atoms with Gasteiger partial charge in [0.05, 0.1) is 16.0 Å². The molecule has 1 aromatic carbocycles. The Kier molecular flexibility index (Phi) is 2.69. The summed E-state index contributed by atoms with van der Waals surface area (Å²) in [5.74, 6) is -0.380. The first-order valence-electron chi connectivity index (χ1n) is 3.98. The number of rotatable bonds is 3. The van der Waals surface area contributed by atoms with E-state index in [1.807, 2.05) is 24.3 Å². The summed E-state index contributed by atoms with van der Waals surface area (Å²) in [5, 5.41) is 0. The largest absolute Gasteiger partial charge is 0.272 e. The predicted octanol–water partition coefficient (Wildman–Crippen LogP) is 2.20. The minimum atomic E-state index is -0.561. The Morgan fingerprint density at radius 2 is 2.29 bits per heavy atom. The van der Waals surface area contributed by atoms with Gasteiger partial charge in [-0.25, -0.2) is 4.98 Å². The number of nitrogens with zero attached hydrogens (tertiary/aromatic N) is 1. The van der Waals surface area contributed by atoms with Gasteiger partial charge in [0.15, 0.2) is 4.34 Å². The first kappa shape index (κ1) is 9.48. The predicted molar refractivity (Wildman–Crippen MR) is 58.4 cm³/mol. The third-order valence-corrected chi connectivity index (χ3v) is 3.78. The summed E-state index contributed by atoms with van der Waals surface area (Å²) in [5.41, 5.74) is 7.73. The van der Waals surface area contributed by atoms with E-state index in [0.717, 1.165) is 14.6 Å². The van der Waals surface area contributed by atoms with E-state index < -0.39 is 5.91 Å². The maximum absolute atomic E-state index is 10.5. The van der Waals surface area contributed by atoms with Crippen LogP contribution < -0.4 is 5.73 Å². The van der Waals surface area contributed by atoms with E-state index >= 15 is 0 Å². The van der Waals surface area contributed by atoms with Crippen molar-refractivity contribution in [1.29, 1.82) is 0 Å². The number of benzene rings is 1. The molecule has 0 unspecified atom stereocenters. The number of fused-ring (bicyclic) bond motifs is 1. The van der Waals surface area contributed by atoms with Gasteiger partial charge in [-0.15, -0.1) is 11.3 Å². The molecule has 0 fully saturated rings. The van der Waals surface area contributed by atoms with Crippen molar-refractivity contribution in [3.8, 4) is 0 Å². The second-order valence-electron chi connectivity index (χ2n) is 2.66. The summed E-state index contributed by atoms with van der Waals surface area (Å²) in [4.78, 5) is 14.8. The van der Waals surface area contributed by atoms with E-state index in [-0.39, 0.29) is 5.75 Å². The lowest BCUT2D eigenvalue weighted by Crippen LogP contribution is -1.99. The zero-order chi connectivity index (χ0) is 9.97. The third kappa shape index (κ3) is 2.05. The summed E-state index contributed by atoms with van der Waals surface area (Å²) in [6.45, 7) is 0. The lowest BCUT2D eigenvalue weighted by molar-refractivity contribution is -0.116. The second-order valence-corrected chi connectivity index (χ2v) is 4.91. The highest BCUT2D eigenvalue weighted by Gasteiger charge is 2.04. The van der Waals surface area contributed by atoms with Crippen LogP contribution in [0.25, 0.3) is 10.2 Å². The Morgan fingerprint density at radius 3 is 3.00 bits per heavy atom. The molecule has 1 aromatic heterocycles. The number of carbonyl (C=O) groups is 1. The fraction of sp³-hybridized carbons (Fsp3) is 0.111. The molecule has 14 heavy (non-hydrogen) atoms. The van der Waals surface area contributed by atoms with Crippen molar-refractivity contribution in [2.75, 3.05) is 5.75 Å². The molecule has 0 aliphatic carbocycles. The number of carbonyl (C=O) groups excluding carboxylic acids is 1. The molecule has 1 heterocycles. The van der Waals surface area contributed by atoms with Crippen LogP contribution in [0.15, 0.2) is 28.6 Å². The van der Waals surface area contributed by atoms with E-state index in [1.54, 1.807) is 11.3 Å². The zero-order valence-electron chi connectivity index (χ0n) is 7.19. The van der Waals surface area contributed by atoms with Crippen LogP contribution in [0.3, 0.4) is 0 Å². The van der Waals surface area contributed by atoms with Gasteiger partial charge >= 0.3 is 0 Å². The molecule has 0 bridgehead atoms. The van der Waals surface area contributed by atoms with Crippen LogP contribution in [0.2, 0.25) is 0 Å². The normalized spacial score (nSPS) is 10.6. The van der Waals surface area contributed by atoms with Crippen LogP contribution >= 0.6 is 23.1 Å². The average molecular weight is 223 g/mol. The number of aromatic nitrogens is 1. The van der Waals surface area contributed by atoms with Crippen LogP contribution in [-0.2, 0) is 4.79 Å². The maximum Gasteiger partial charge on any atom is 0.248 e. The van der Waals surface area contributed by atoms with Gasteiger partial charge in [-0.3, -0.25) is 10.5 Å². The maximum atomic E-state index is 10.5. The molecule has 0 atom stereocenters. The van der Waals surface area contributed by atoms with Crippen LogP contribution in [0.5, 0.6) is 0 Å². The number of hydrogen-bond acceptors (Lipinski definition) is 4. The molecule has 1 N–H and O–H groups in total. The molecular weight excluding hydrogens is 216 g/mol. The highest BCUT2D eigenvalue weighted by molar-refractivity contribution is 8.01. The molecule has 0 saturated carbocycles. The van der Waals surface area contributed by atoms with E-state index in [0.29, 0.717) is 0 Å². The standard InChI is InChI=1S/C9H7N2OS2/c10-8(12)5-13-9-11-6-3-1-2-4-7(6)14-9/h1-4,10H,5H2. The summed E-state index contributed by atoms with van der Waals surface area (Å²) in [7, 11) is 0. The van der Waals surface area contributed by atoms with Gasteiger partial charge in [0.25, 0.3) is 0 Å². The first-order valence-corrected chi connectivity index (χ1v) is 5.79. The highest BCUT2D eigenvalue weighted by atomic mass is 32.2. The van der Waals surface area contributed by atoms with Crippen molar-refractivity contribution >= 4 is 39.2 Å². The number of thioether (sulfide) groups is 1. The molecule has 0 saturated heterocycles. The van der Waals surface area contributed by atoms with E-state index in [2.05, 4.69) is 4.98 Å². The van der Waals surface area contributed by atoms with Crippen LogP contribution in [-0.4, -0.2) is 16.6 Å². The van der Waals surface area contributed by atoms with Crippen LogP contribution in [0.4, 0.5) is 0 Å². The molecule has 2 rings (SSSR count). The quantitative estimate of drug-likeness (QED) is 0.749. The SMILES string of the molecule is [NH]C(=O)CSc1nc2ccccc2s1. The van der Waals surface area contributed by atoms with Crippen molar-refractivity contribution in [3.63, 3.8) is 0 Å². The highest BCUT2D eigenvalue weighted by Crippen LogP contribution is 2.28. The fourth-order valence-corrected chi connectivity index (χ4v) is 2.84. The minimum Gasteiger partial charge on any atom is -0.272 e. The zero-order valence-corrected chi connectivity index (χ0v) is 8.82. The minimum absolute atomic E-state index is 0.180. The van der Waals surface area contributed by atoms with E-state index in [1.165, 1.54) is 11.8 Å². The number of hydrogen-bond donors (Lipinski definition) is 0. The van der Waals surface area contributed by atoms with Gasteiger partial charge < -0.3 is 0 Å². The average Bonchev–Trinajstić information content (AvgIpc) is 2.57. The van der Waals surface area contributed by atoms with Gasteiger partial charge in [-0.2, -0.15) is 0 Å². The van der Waals surface area contributed by atoms with E-state index in [9.17, 15) is 4.79 Å². The van der Waals surface area contributed by atoms with Crippen LogP contribution in [0.1, 0.15) is 0 Å². The molecule has 0 aliphatic heterocycles. The third-order valence-electron chi connectivity index (χ3n) is 1.60. The van der Waals surface area contributed by atoms with Crippen molar-refractivity contribution in [2.24, 2.45) is 0 Å². The molecule has 0 spiro atoms. The topological polar surface area (TPSA) is 53.8 Å². The number of amides is 1. The van der Waals surface area contributed by atoms with Crippen molar-refractivity contribution in [1.82, 2.24) is 10.7 Å². The Balaban J connectivity index is 2.22. The van der Waals surface area contributed by atoms with Gasteiger partial charge in [0.2, 0.25) is 5.91 Å². The van der Waals surface area contributed by atoms with Gasteiger partial charge in [-0.05, 0) is 12.1 Å². The summed E-state index contributed by atoms with van der Waals surface area (Å²) < 4.78 is 1.97. The molecule has 1 radical (unpaired) electrons. The van der Waals surface area contributed by atoms with Gasteiger partial charge in [0, 0.05) is 0 Å². The summed E-state index contributed by atoms with van der Waals surface area (Å²) in [6, 6.07) is 7.84. The van der Waals surface area contributed by atoms with Crippen molar-refractivity contribution < 1.29 is 4.79 Å². The molecule has 71 valence electrons. The lowest BCUT2D eigenvalue weighted by Gasteiger charge is -1.88. The monoisotopic (exact) mass is 223 g/mol. The number of para-hydroxylation sites is 1. The smallest absolute Gasteiger partial charge is 0.248 e. The second kappa shape index (κ2) is 3.98. The Hall–Kier alpha value is -1.07. The summed E-state index contributed by atoms with van der Waals surface area (Å²) in [6.07, 6.45) is 0. The van der Waals surface area contributed by atoms with Gasteiger partial charge in [0.1, 0.15) is 0 Å². The Bertz CT molecular complexity index is 434. The number of thiazole rings is 1. The summed E-state index contributed by atoms with van der Waals surface area (Å²) >= 11 is 2.88. The van der Waals surface area contributed by atoms with Gasteiger partial charge in [-0.1, -0.05) is 23.9 Å². The number of nitrogens with one attached hydrogen (secondary N) is 1. The Morgan fingerprint density at radius 1 is 1.50 bits per heavy atom. The van der Waals surface area contributed by atoms with Crippen molar-refractivity contribution in [3.05, 3.63) is 24.3 Å². The molecule has 2 aromatic rings. The van der Waals surface area contributed by atoms with E-state index in [4.69, 9.17) is 5.73 Å². The molecule has 3 nitrogen and oxygen atoms in total. The molecular formula is C9H7N2OS2. The van der Waals surface area contributed by atoms with Crippen LogP contribution in [0, 0.1) is 0 Å². The van der Waals surface area contributed by atoms with Crippen molar-refractivity contribution in [2.45, 2.75) is 4.34 Å². The molecule has 1 amide bonds. The molecule has 5 heteroatoms. The Labute approximate surface area is 89.3 Å². The first-order chi connectivity index (χ1) is 6.75. The lowest BCUT2D eigenvalue weighted by atomic mass is 10.3. The molecule has 0 aliphatic rings. The fourth-order valence-electron chi connectivity index (χ4n) is 1.04.